The molecule has 2 aromatic heterocycles. The number of thioether (sulfide) groups is 2. The van der Waals surface area contributed by atoms with Crippen LogP contribution in [0.25, 0.3) is 32.9 Å². The lowest BCUT2D eigenvalue weighted by Gasteiger charge is -2.11. The summed E-state index contributed by atoms with van der Waals surface area (Å²) in [7, 11) is 0. The van der Waals surface area contributed by atoms with Crippen LogP contribution in [0.2, 0.25) is 0 Å². The third-order valence-corrected chi connectivity index (χ3v) is 9.46. The van der Waals surface area contributed by atoms with Crippen molar-refractivity contribution in [3.05, 3.63) is 93.4 Å². The van der Waals surface area contributed by atoms with E-state index in [9.17, 15) is 20.1 Å². The highest BCUT2D eigenvalue weighted by Gasteiger charge is 2.18. The quantitative estimate of drug-likeness (QED) is 0.159. The van der Waals surface area contributed by atoms with E-state index >= 15 is 0 Å². The number of ketones is 1. The molecular formula is C31H20Br2N8O3S2. The summed E-state index contributed by atoms with van der Waals surface area (Å²) in [5.74, 6) is -0.630. The van der Waals surface area contributed by atoms with Crippen molar-refractivity contribution in [2.75, 3.05) is 11.5 Å². The van der Waals surface area contributed by atoms with Crippen LogP contribution in [0.4, 0.5) is 0 Å². The molecule has 4 aromatic carbocycles. The van der Waals surface area contributed by atoms with Crippen LogP contribution in [-0.2, 0) is 9.59 Å². The van der Waals surface area contributed by atoms with Crippen LogP contribution in [0.1, 0.15) is 18.1 Å². The van der Waals surface area contributed by atoms with Crippen LogP contribution in [0.15, 0.2) is 92.6 Å². The number of aromatic nitrogens is 6. The molecule has 0 spiro atoms. The van der Waals surface area contributed by atoms with Crippen LogP contribution < -0.4 is 0 Å². The summed E-state index contributed by atoms with van der Waals surface area (Å²) < 4.78 is 4.60. The molecular weight excluding hydrogens is 756 g/mol. The summed E-state index contributed by atoms with van der Waals surface area (Å²) in [5, 5.41) is 48.1. The Labute approximate surface area is 287 Å². The van der Waals surface area contributed by atoms with E-state index in [1.165, 1.54) is 11.8 Å². The number of aliphatic carboxylic acids is 1. The van der Waals surface area contributed by atoms with E-state index in [0.29, 0.717) is 36.7 Å². The minimum Gasteiger partial charge on any atom is -0.481 e. The maximum absolute atomic E-state index is 11.2. The van der Waals surface area contributed by atoms with Gasteiger partial charge in [0.2, 0.25) is 9.47 Å². The summed E-state index contributed by atoms with van der Waals surface area (Å²) in [4.78, 5) is 22.0. The van der Waals surface area contributed by atoms with E-state index in [-0.39, 0.29) is 11.5 Å². The van der Waals surface area contributed by atoms with Crippen molar-refractivity contribution in [1.29, 1.82) is 10.5 Å². The lowest BCUT2D eigenvalue weighted by Crippen LogP contribution is -2.03. The summed E-state index contributed by atoms with van der Waals surface area (Å²) in [6.45, 7) is 1.54. The predicted molar refractivity (Wildman–Crippen MR) is 182 cm³/mol. The fraction of sp³-hybridized carbons (Fsp3) is 0.0968. The van der Waals surface area contributed by atoms with E-state index in [0.717, 1.165) is 44.7 Å². The Morgan fingerprint density at radius 2 is 1.11 bits per heavy atom. The molecule has 46 heavy (non-hydrogen) atoms. The van der Waals surface area contributed by atoms with Gasteiger partial charge in [0.25, 0.3) is 0 Å². The zero-order chi connectivity index (χ0) is 32.8. The first-order valence-electron chi connectivity index (χ1n) is 13.3. The highest BCUT2D eigenvalue weighted by atomic mass is 79.9. The van der Waals surface area contributed by atoms with Crippen molar-refractivity contribution in [3.63, 3.8) is 0 Å². The van der Waals surface area contributed by atoms with Crippen molar-refractivity contribution in [2.24, 2.45) is 0 Å². The first kappa shape index (κ1) is 32.8. The van der Waals surface area contributed by atoms with Gasteiger partial charge < -0.3 is 5.11 Å². The molecule has 0 aliphatic carbocycles. The van der Waals surface area contributed by atoms with E-state index in [1.807, 2.05) is 59.2 Å². The molecule has 0 saturated heterocycles. The summed E-state index contributed by atoms with van der Waals surface area (Å²) in [5.41, 5.74) is 2.84. The Balaban J connectivity index is 0.000000181. The van der Waals surface area contributed by atoms with Gasteiger partial charge in [0, 0.05) is 21.5 Å². The number of carbonyl (C=O) groups excluding carboxylic acids is 1. The molecule has 0 fully saturated rings. The van der Waals surface area contributed by atoms with Crippen molar-refractivity contribution in [2.45, 2.75) is 17.2 Å². The summed E-state index contributed by atoms with van der Waals surface area (Å²) >= 11 is 9.17. The fourth-order valence-corrected chi connectivity index (χ4v) is 7.06. The monoisotopic (exact) mass is 774 g/mol. The molecule has 1 N–H and O–H groups in total. The number of carboxylic acids is 1. The van der Waals surface area contributed by atoms with Crippen LogP contribution >= 0.6 is 55.4 Å². The Morgan fingerprint density at radius 1 is 0.696 bits per heavy atom. The molecule has 0 atom stereocenters. The molecule has 0 unspecified atom stereocenters. The van der Waals surface area contributed by atoms with Gasteiger partial charge in [-0.1, -0.05) is 72.1 Å². The predicted octanol–water partition coefficient (Wildman–Crippen LogP) is 6.97. The molecule has 15 heteroatoms. The number of halogens is 2. The molecule has 0 aliphatic heterocycles. The molecule has 0 saturated carbocycles. The lowest BCUT2D eigenvalue weighted by molar-refractivity contribution is -0.133. The van der Waals surface area contributed by atoms with E-state index in [1.54, 1.807) is 29.7 Å². The van der Waals surface area contributed by atoms with Gasteiger partial charge in [-0.25, -0.2) is 0 Å². The van der Waals surface area contributed by atoms with Gasteiger partial charge in [0.05, 0.1) is 46.1 Å². The molecule has 0 bridgehead atoms. The largest absolute Gasteiger partial charge is 0.481 e. The maximum atomic E-state index is 11.2. The number of fused-ring (bicyclic) bond motifs is 2. The van der Waals surface area contributed by atoms with Crippen LogP contribution in [0.3, 0.4) is 0 Å². The van der Waals surface area contributed by atoms with Gasteiger partial charge >= 0.3 is 5.97 Å². The highest BCUT2D eigenvalue weighted by Crippen LogP contribution is 2.32. The third-order valence-electron chi connectivity index (χ3n) is 6.44. The zero-order valence-corrected chi connectivity index (χ0v) is 28.6. The number of rotatable bonds is 8. The number of hydrogen-bond donors (Lipinski definition) is 1. The van der Waals surface area contributed by atoms with Crippen molar-refractivity contribution in [3.8, 4) is 23.5 Å². The van der Waals surface area contributed by atoms with E-state index in [4.69, 9.17) is 5.11 Å². The Bertz CT molecular complexity index is 2050. The van der Waals surface area contributed by atoms with Crippen LogP contribution in [-0.4, -0.2) is 57.9 Å². The maximum Gasteiger partial charge on any atom is 0.313 e. The Kier molecular flexibility index (Phi) is 10.5. The second kappa shape index (κ2) is 14.7. The third kappa shape index (κ3) is 6.98. The van der Waals surface area contributed by atoms with Gasteiger partial charge in [-0.15, -0.1) is 20.4 Å². The van der Waals surface area contributed by atoms with Gasteiger partial charge in [-0.05, 0) is 63.0 Å². The minimum absolute atomic E-state index is 0.0744. The SMILES string of the molecule is CC(=O)CSc1nnc(Br)n1-c1ccc(C#N)c2ccccc12.N#Cc1ccc(-n2c(Br)nnc2SCC(=O)O)c2ccccc12. The number of hydrogen-bond acceptors (Lipinski definition) is 10. The van der Waals surface area contributed by atoms with Gasteiger partial charge in [-0.3, -0.25) is 18.7 Å². The molecule has 0 amide bonds. The number of nitriles is 2. The number of carbonyl (C=O) groups is 2. The second-order valence-electron chi connectivity index (χ2n) is 9.43. The number of carboxylic acid groups (broad SMARTS) is 1. The minimum atomic E-state index is -0.926. The average molecular weight is 776 g/mol. The van der Waals surface area contributed by atoms with Gasteiger partial charge in [0.15, 0.2) is 10.3 Å². The molecule has 6 rings (SSSR count). The molecule has 228 valence electrons. The standard InChI is InChI=1S/C16H11BrN4OS.C15H9BrN4O2S/c1-10(22)9-23-16-20-19-15(17)21(16)14-7-6-11(8-18)12-4-2-3-5-13(12)14;16-14-18-19-15(23-8-13(21)22)20(14)12-6-5-9(7-17)10-3-1-2-4-11(10)12/h2-7H,9H2,1H3;1-6H,8H2,(H,21,22). The number of nitrogens with zero attached hydrogens (tertiary/aromatic N) is 8. The topological polar surface area (TPSA) is 163 Å². The smallest absolute Gasteiger partial charge is 0.313 e. The normalized spacial score (nSPS) is 10.6. The van der Waals surface area contributed by atoms with Crippen molar-refractivity contribution >= 4 is 88.7 Å². The first-order chi connectivity index (χ1) is 22.2. The summed E-state index contributed by atoms with van der Waals surface area (Å²) in [6.07, 6.45) is 0. The Hall–Kier alpha value is -4.54. The number of Topliss-reactive ketones (excluding diaryl/α,β-unsaturated/α-hetero) is 1. The second-order valence-corrected chi connectivity index (χ2v) is 12.7. The molecule has 0 aliphatic rings. The molecule has 0 radical (unpaired) electrons. The molecule has 2 heterocycles. The van der Waals surface area contributed by atoms with Crippen LogP contribution in [0, 0.1) is 22.7 Å². The van der Waals surface area contributed by atoms with Crippen molar-refractivity contribution < 1.29 is 14.7 Å². The van der Waals surface area contributed by atoms with Gasteiger partial charge in [0.1, 0.15) is 5.78 Å². The fourth-order valence-electron chi connectivity index (χ4n) is 4.54. The zero-order valence-electron chi connectivity index (χ0n) is 23.8. The average Bonchev–Trinajstić information content (AvgIpc) is 3.62. The highest BCUT2D eigenvalue weighted by molar-refractivity contribution is 9.10. The lowest BCUT2D eigenvalue weighted by atomic mass is 10.0. The molecule has 11 nitrogen and oxygen atoms in total. The van der Waals surface area contributed by atoms with E-state index < -0.39 is 5.97 Å². The first-order valence-corrected chi connectivity index (χ1v) is 16.8. The Morgan fingerprint density at radius 3 is 1.50 bits per heavy atom. The summed E-state index contributed by atoms with van der Waals surface area (Å²) in [6, 6.07) is 26.8. The number of benzene rings is 4. The molecule has 6 aromatic rings. The van der Waals surface area contributed by atoms with Crippen LogP contribution in [0.5, 0.6) is 0 Å². The van der Waals surface area contributed by atoms with Crippen molar-refractivity contribution in [1.82, 2.24) is 29.5 Å². The van der Waals surface area contributed by atoms with E-state index in [2.05, 4.69) is 64.4 Å². The van der Waals surface area contributed by atoms with Gasteiger partial charge in [-0.2, -0.15) is 10.5 Å².